The van der Waals surface area contributed by atoms with Crippen molar-refractivity contribution in [3.05, 3.63) is 0 Å². The maximum Gasteiger partial charge on any atom is 0.310 e. The first-order valence-electron chi connectivity index (χ1n) is 4.75. The summed E-state index contributed by atoms with van der Waals surface area (Å²) < 4.78 is 10.3. The highest BCUT2D eigenvalue weighted by Gasteiger charge is 2.20. The molecule has 1 fully saturated rings. The number of carbonyl (C=O) groups excluding carboxylic acids is 1. The van der Waals surface area contributed by atoms with Crippen molar-refractivity contribution >= 4 is 5.97 Å². The Morgan fingerprint density at radius 2 is 2.54 bits per heavy atom. The third kappa shape index (κ3) is 3.32. The molecule has 0 radical (unpaired) electrons. The van der Waals surface area contributed by atoms with Gasteiger partial charge in [0.25, 0.3) is 0 Å². The lowest BCUT2D eigenvalue weighted by atomic mass is 10.1. The molecule has 4 heteroatoms. The standard InChI is InChI=1S/C9H17NO3/c1-3-7(2)9(11)13-8-6-12-5-4-10-8/h7-8,10H,3-6H2,1-2H3. The molecule has 1 aliphatic rings. The average Bonchev–Trinajstić information content (AvgIpc) is 2.18. The molecule has 4 nitrogen and oxygen atoms in total. The molecule has 1 N–H and O–H groups in total. The zero-order chi connectivity index (χ0) is 9.68. The molecule has 0 aromatic rings. The monoisotopic (exact) mass is 187 g/mol. The summed E-state index contributed by atoms with van der Waals surface area (Å²) >= 11 is 0. The summed E-state index contributed by atoms with van der Waals surface area (Å²) in [4.78, 5) is 11.3. The van der Waals surface area contributed by atoms with E-state index in [-0.39, 0.29) is 18.1 Å². The maximum atomic E-state index is 11.3. The van der Waals surface area contributed by atoms with Crippen molar-refractivity contribution in [1.82, 2.24) is 5.32 Å². The van der Waals surface area contributed by atoms with Crippen LogP contribution in [-0.4, -0.2) is 32.0 Å². The van der Waals surface area contributed by atoms with Crippen LogP contribution in [0.5, 0.6) is 0 Å². The SMILES string of the molecule is CCC(C)C(=O)OC1COCCN1. The minimum absolute atomic E-state index is 0.0243. The van der Waals surface area contributed by atoms with Gasteiger partial charge in [-0.3, -0.25) is 10.1 Å². The van der Waals surface area contributed by atoms with Gasteiger partial charge in [-0.2, -0.15) is 0 Å². The molecule has 0 bridgehead atoms. The van der Waals surface area contributed by atoms with Crippen molar-refractivity contribution in [2.45, 2.75) is 26.5 Å². The van der Waals surface area contributed by atoms with Crippen molar-refractivity contribution < 1.29 is 14.3 Å². The largest absolute Gasteiger partial charge is 0.444 e. The molecule has 1 rings (SSSR count). The predicted molar refractivity (Wildman–Crippen MR) is 48.2 cm³/mol. The van der Waals surface area contributed by atoms with Crippen LogP contribution in [0.25, 0.3) is 0 Å². The molecule has 0 spiro atoms. The minimum atomic E-state index is -0.254. The number of rotatable bonds is 3. The van der Waals surface area contributed by atoms with Crippen LogP contribution in [0.3, 0.4) is 0 Å². The Bertz CT molecular complexity index is 166. The number of hydrogen-bond acceptors (Lipinski definition) is 4. The lowest BCUT2D eigenvalue weighted by Gasteiger charge is -2.24. The van der Waals surface area contributed by atoms with Crippen molar-refractivity contribution in [2.24, 2.45) is 5.92 Å². The molecule has 0 aliphatic carbocycles. The van der Waals surface area contributed by atoms with Crippen LogP contribution in [0.4, 0.5) is 0 Å². The molecule has 13 heavy (non-hydrogen) atoms. The first-order chi connectivity index (χ1) is 6.24. The highest BCUT2D eigenvalue weighted by Crippen LogP contribution is 2.06. The van der Waals surface area contributed by atoms with Gasteiger partial charge >= 0.3 is 5.97 Å². The molecule has 1 heterocycles. The molecule has 2 unspecified atom stereocenters. The molecular formula is C9H17NO3. The van der Waals surface area contributed by atoms with E-state index in [0.717, 1.165) is 13.0 Å². The smallest absolute Gasteiger partial charge is 0.310 e. The molecule has 76 valence electrons. The third-order valence-electron chi connectivity index (χ3n) is 2.16. The van der Waals surface area contributed by atoms with Crippen LogP contribution in [0, 0.1) is 5.92 Å². The van der Waals surface area contributed by atoms with Crippen LogP contribution in [0.15, 0.2) is 0 Å². The Morgan fingerprint density at radius 1 is 1.77 bits per heavy atom. The second kappa shape index (κ2) is 5.19. The van der Waals surface area contributed by atoms with E-state index < -0.39 is 0 Å². The Labute approximate surface area is 78.6 Å². The van der Waals surface area contributed by atoms with Crippen molar-refractivity contribution in [3.8, 4) is 0 Å². The predicted octanol–water partition coefficient (Wildman–Crippen LogP) is 0.522. The molecule has 0 amide bonds. The van der Waals surface area contributed by atoms with Gasteiger partial charge in [0.05, 0.1) is 19.1 Å². The molecule has 0 aromatic heterocycles. The second-order valence-corrected chi connectivity index (χ2v) is 3.26. The Kier molecular flexibility index (Phi) is 4.18. The highest BCUT2D eigenvalue weighted by atomic mass is 16.6. The number of morpholine rings is 1. The van der Waals surface area contributed by atoms with Crippen LogP contribution in [0.1, 0.15) is 20.3 Å². The zero-order valence-electron chi connectivity index (χ0n) is 8.21. The van der Waals surface area contributed by atoms with Crippen molar-refractivity contribution in [1.29, 1.82) is 0 Å². The van der Waals surface area contributed by atoms with E-state index in [1.807, 2.05) is 13.8 Å². The summed E-state index contributed by atoms with van der Waals surface area (Å²) in [6.07, 6.45) is 0.558. The maximum absolute atomic E-state index is 11.3. The van der Waals surface area contributed by atoms with Gasteiger partial charge in [0, 0.05) is 6.54 Å². The topological polar surface area (TPSA) is 47.6 Å². The van der Waals surface area contributed by atoms with E-state index in [9.17, 15) is 4.79 Å². The van der Waals surface area contributed by atoms with Gasteiger partial charge in [0.1, 0.15) is 0 Å². The fraction of sp³-hybridized carbons (Fsp3) is 0.889. The second-order valence-electron chi connectivity index (χ2n) is 3.26. The van der Waals surface area contributed by atoms with E-state index in [0.29, 0.717) is 13.2 Å². The molecule has 1 aliphatic heterocycles. The lowest BCUT2D eigenvalue weighted by Crippen LogP contribution is -2.44. The van der Waals surface area contributed by atoms with Gasteiger partial charge < -0.3 is 9.47 Å². The first kappa shape index (κ1) is 10.5. The van der Waals surface area contributed by atoms with Gasteiger partial charge in [-0.15, -0.1) is 0 Å². The van der Waals surface area contributed by atoms with E-state index in [2.05, 4.69) is 5.32 Å². The number of nitrogens with one attached hydrogen (secondary N) is 1. The highest BCUT2D eigenvalue weighted by molar-refractivity contribution is 5.72. The Morgan fingerprint density at radius 3 is 3.08 bits per heavy atom. The van der Waals surface area contributed by atoms with E-state index >= 15 is 0 Å². The van der Waals surface area contributed by atoms with Crippen molar-refractivity contribution in [3.63, 3.8) is 0 Å². The molecule has 0 saturated carbocycles. The molecule has 1 saturated heterocycles. The average molecular weight is 187 g/mol. The fourth-order valence-corrected chi connectivity index (χ4v) is 1.04. The molecular weight excluding hydrogens is 170 g/mol. The Hall–Kier alpha value is -0.610. The van der Waals surface area contributed by atoms with Gasteiger partial charge in [-0.25, -0.2) is 0 Å². The van der Waals surface area contributed by atoms with Gasteiger partial charge in [0.2, 0.25) is 0 Å². The summed E-state index contributed by atoms with van der Waals surface area (Å²) in [5.74, 6) is -0.172. The summed E-state index contributed by atoms with van der Waals surface area (Å²) in [6, 6.07) is 0. The summed E-state index contributed by atoms with van der Waals surface area (Å²) in [6.45, 7) is 5.74. The summed E-state index contributed by atoms with van der Waals surface area (Å²) in [7, 11) is 0. The van der Waals surface area contributed by atoms with E-state index in [1.54, 1.807) is 0 Å². The normalized spacial score (nSPS) is 25.2. The first-order valence-corrected chi connectivity index (χ1v) is 4.75. The van der Waals surface area contributed by atoms with Crippen molar-refractivity contribution in [2.75, 3.05) is 19.8 Å². The molecule has 2 atom stereocenters. The Balaban J connectivity index is 2.26. The lowest BCUT2D eigenvalue weighted by molar-refractivity contribution is -0.161. The van der Waals surface area contributed by atoms with Gasteiger partial charge in [-0.1, -0.05) is 13.8 Å². The van der Waals surface area contributed by atoms with Gasteiger partial charge in [-0.05, 0) is 6.42 Å². The number of esters is 1. The quantitative estimate of drug-likeness (QED) is 0.654. The van der Waals surface area contributed by atoms with Crippen LogP contribution in [0.2, 0.25) is 0 Å². The molecule has 0 aromatic carbocycles. The number of carbonyl (C=O) groups is 1. The zero-order valence-corrected chi connectivity index (χ0v) is 8.21. The van der Waals surface area contributed by atoms with Crippen LogP contribution >= 0.6 is 0 Å². The van der Waals surface area contributed by atoms with Crippen LogP contribution < -0.4 is 5.32 Å². The fourth-order valence-electron chi connectivity index (χ4n) is 1.04. The third-order valence-corrected chi connectivity index (χ3v) is 2.16. The van der Waals surface area contributed by atoms with Gasteiger partial charge in [0.15, 0.2) is 6.23 Å². The summed E-state index contributed by atoms with van der Waals surface area (Å²) in [5.41, 5.74) is 0. The summed E-state index contributed by atoms with van der Waals surface area (Å²) in [5, 5.41) is 3.06. The van der Waals surface area contributed by atoms with E-state index in [1.165, 1.54) is 0 Å². The van der Waals surface area contributed by atoms with E-state index in [4.69, 9.17) is 9.47 Å². The number of hydrogen-bond donors (Lipinski definition) is 1. The van der Waals surface area contributed by atoms with Crippen LogP contribution in [-0.2, 0) is 14.3 Å². The minimum Gasteiger partial charge on any atom is -0.444 e. The number of ether oxygens (including phenoxy) is 2.